The van der Waals surface area contributed by atoms with Gasteiger partial charge in [0, 0.05) is 24.6 Å². The molecule has 0 spiro atoms. The van der Waals surface area contributed by atoms with Gasteiger partial charge in [-0.25, -0.2) is 4.68 Å². The molecule has 2 aromatic heterocycles. The molecule has 3 aromatic rings. The topological polar surface area (TPSA) is 34.0 Å². The first-order valence-corrected chi connectivity index (χ1v) is 8.82. The van der Waals surface area contributed by atoms with Crippen molar-refractivity contribution in [3.05, 3.63) is 77.4 Å². The molecule has 1 aromatic carbocycles. The molecule has 2 heterocycles. The van der Waals surface area contributed by atoms with Gasteiger partial charge < -0.3 is 4.90 Å². The van der Waals surface area contributed by atoms with E-state index in [1.165, 1.54) is 16.8 Å². The molecular formula is C21H26N4. The summed E-state index contributed by atoms with van der Waals surface area (Å²) < 4.78 is 2.02. The summed E-state index contributed by atoms with van der Waals surface area (Å²) in [6, 6.07) is 14.9. The molecular weight excluding hydrogens is 308 g/mol. The van der Waals surface area contributed by atoms with Crippen molar-refractivity contribution in [1.29, 1.82) is 0 Å². The van der Waals surface area contributed by atoms with Crippen molar-refractivity contribution in [1.82, 2.24) is 19.7 Å². The fraction of sp³-hybridized carbons (Fsp3) is 0.333. The highest BCUT2D eigenvalue weighted by molar-refractivity contribution is 5.37. The van der Waals surface area contributed by atoms with E-state index >= 15 is 0 Å². The molecule has 130 valence electrons. The van der Waals surface area contributed by atoms with Crippen LogP contribution in [0.3, 0.4) is 0 Å². The lowest BCUT2D eigenvalue weighted by Gasteiger charge is -2.17. The van der Waals surface area contributed by atoms with E-state index in [-0.39, 0.29) is 0 Å². The van der Waals surface area contributed by atoms with Gasteiger partial charge in [-0.3, -0.25) is 4.98 Å². The number of pyridine rings is 1. The van der Waals surface area contributed by atoms with Gasteiger partial charge in [-0.2, -0.15) is 5.10 Å². The second-order valence-electron chi connectivity index (χ2n) is 6.71. The molecule has 0 saturated carbocycles. The van der Waals surface area contributed by atoms with Crippen LogP contribution in [0.15, 0.2) is 54.9 Å². The standard InChI is InChI=1S/C21H26N4/c1-17-13-18(2)25(23-17)21-10-4-7-20(14-21)16-24(3)12-6-9-19-8-5-11-22-15-19/h4-5,7-8,10-11,13-15H,6,9,12,16H2,1-3H3. The van der Waals surface area contributed by atoms with Crippen molar-refractivity contribution in [2.45, 2.75) is 33.2 Å². The van der Waals surface area contributed by atoms with Crippen LogP contribution in [0.1, 0.15) is 28.9 Å². The second kappa shape index (κ2) is 8.08. The number of aromatic nitrogens is 3. The van der Waals surface area contributed by atoms with Crippen molar-refractivity contribution in [3.8, 4) is 5.69 Å². The molecule has 0 aliphatic heterocycles. The summed E-state index contributed by atoms with van der Waals surface area (Å²) in [5.41, 5.74) is 5.97. The maximum atomic E-state index is 4.58. The average Bonchev–Trinajstić information content (AvgIpc) is 2.94. The Morgan fingerprint density at radius 3 is 2.60 bits per heavy atom. The number of benzene rings is 1. The smallest absolute Gasteiger partial charge is 0.0651 e. The monoisotopic (exact) mass is 334 g/mol. The van der Waals surface area contributed by atoms with Crippen LogP contribution in [0, 0.1) is 13.8 Å². The highest BCUT2D eigenvalue weighted by atomic mass is 15.3. The van der Waals surface area contributed by atoms with Gasteiger partial charge in [0.05, 0.1) is 11.4 Å². The van der Waals surface area contributed by atoms with Crippen molar-refractivity contribution >= 4 is 0 Å². The third kappa shape index (κ3) is 4.77. The number of hydrogen-bond donors (Lipinski definition) is 0. The predicted octanol–water partition coefficient (Wildman–Crippen LogP) is 3.95. The zero-order valence-electron chi connectivity index (χ0n) is 15.3. The fourth-order valence-electron chi connectivity index (χ4n) is 3.17. The minimum Gasteiger partial charge on any atom is -0.302 e. The fourth-order valence-corrected chi connectivity index (χ4v) is 3.17. The molecule has 0 saturated heterocycles. The van der Waals surface area contributed by atoms with Crippen molar-refractivity contribution < 1.29 is 0 Å². The van der Waals surface area contributed by atoms with E-state index in [0.717, 1.165) is 37.3 Å². The first kappa shape index (κ1) is 17.4. The molecule has 0 aliphatic carbocycles. The average molecular weight is 334 g/mol. The normalized spacial score (nSPS) is 11.2. The minimum atomic E-state index is 0.945. The van der Waals surface area contributed by atoms with E-state index in [1.54, 1.807) is 0 Å². The van der Waals surface area contributed by atoms with Gasteiger partial charge in [0.15, 0.2) is 0 Å². The molecule has 25 heavy (non-hydrogen) atoms. The molecule has 3 rings (SSSR count). The van der Waals surface area contributed by atoms with Crippen LogP contribution in [0.5, 0.6) is 0 Å². The Labute approximate surface area is 150 Å². The molecule has 0 atom stereocenters. The van der Waals surface area contributed by atoms with Gasteiger partial charge in [-0.15, -0.1) is 0 Å². The lowest BCUT2D eigenvalue weighted by atomic mass is 10.1. The van der Waals surface area contributed by atoms with Crippen LogP contribution >= 0.6 is 0 Å². The Morgan fingerprint density at radius 2 is 1.88 bits per heavy atom. The van der Waals surface area contributed by atoms with Gasteiger partial charge in [-0.1, -0.05) is 18.2 Å². The van der Waals surface area contributed by atoms with Gasteiger partial charge >= 0.3 is 0 Å². The lowest BCUT2D eigenvalue weighted by molar-refractivity contribution is 0.322. The van der Waals surface area contributed by atoms with E-state index < -0.39 is 0 Å². The van der Waals surface area contributed by atoms with Crippen LogP contribution in [0.4, 0.5) is 0 Å². The third-order valence-corrected chi connectivity index (χ3v) is 4.35. The third-order valence-electron chi connectivity index (χ3n) is 4.35. The summed E-state index contributed by atoms with van der Waals surface area (Å²) >= 11 is 0. The molecule has 0 aliphatic rings. The van der Waals surface area contributed by atoms with Crippen LogP contribution in [0.25, 0.3) is 5.69 Å². The maximum absolute atomic E-state index is 4.58. The van der Waals surface area contributed by atoms with Crippen molar-refractivity contribution in [3.63, 3.8) is 0 Å². The molecule has 4 nitrogen and oxygen atoms in total. The molecule has 0 bridgehead atoms. The van der Waals surface area contributed by atoms with Gasteiger partial charge in [0.25, 0.3) is 0 Å². The lowest BCUT2D eigenvalue weighted by Crippen LogP contribution is -2.19. The Bertz CT molecular complexity index is 808. The van der Waals surface area contributed by atoms with E-state index in [9.17, 15) is 0 Å². The summed E-state index contributed by atoms with van der Waals surface area (Å²) in [6.07, 6.45) is 5.99. The largest absolute Gasteiger partial charge is 0.302 e. The zero-order chi connectivity index (χ0) is 17.6. The Kier molecular flexibility index (Phi) is 5.61. The first-order valence-electron chi connectivity index (χ1n) is 8.82. The van der Waals surface area contributed by atoms with Gasteiger partial charge in [0.1, 0.15) is 0 Å². The van der Waals surface area contributed by atoms with E-state index in [4.69, 9.17) is 0 Å². The molecule has 0 unspecified atom stereocenters. The second-order valence-corrected chi connectivity index (χ2v) is 6.71. The molecule has 4 heteroatoms. The summed E-state index contributed by atoms with van der Waals surface area (Å²) in [4.78, 5) is 6.55. The summed E-state index contributed by atoms with van der Waals surface area (Å²) in [5, 5.41) is 4.58. The Hall–Kier alpha value is -2.46. The SMILES string of the molecule is Cc1cc(C)n(-c2cccc(CN(C)CCCc3cccnc3)c2)n1. The maximum Gasteiger partial charge on any atom is 0.0651 e. The highest BCUT2D eigenvalue weighted by Crippen LogP contribution is 2.15. The first-order chi connectivity index (χ1) is 12.1. The van der Waals surface area contributed by atoms with E-state index in [1.807, 2.05) is 30.1 Å². The van der Waals surface area contributed by atoms with E-state index in [0.29, 0.717) is 0 Å². The van der Waals surface area contributed by atoms with Gasteiger partial charge in [-0.05, 0) is 75.7 Å². The summed E-state index contributed by atoms with van der Waals surface area (Å²) in [6.45, 7) is 6.14. The van der Waals surface area contributed by atoms with Crippen LogP contribution in [0.2, 0.25) is 0 Å². The van der Waals surface area contributed by atoms with Crippen LogP contribution in [-0.2, 0) is 13.0 Å². The highest BCUT2D eigenvalue weighted by Gasteiger charge is 2.06. The Morgan fingerprint density at radius 1 is 1.04 bits per heavy atom. The van der Waals surface area contributed by atoms with Crippen LogP contribution < -0.4 is 0 Å². The number of hydrogen-bond acceptors (Lipinski definition) is 3. The quantitative estimate of drug-likeness (QED) is 0.656. The molecule has 0 radical (unpaired) electrons. The Balaban J connectivity index is 1.57. The molecule has 0 amide bonds. The molecule has 0 N–H and O–H groups in total. The van der Waals surface area contributed by atoms with E-state index in [2.05, 4.69) is 65.4 Å². The van der Waals surface area contributed by atoms with Crippen LogP contribution in [-0.4, -0.2) is 33.3 Å². The van der Waals surface area contributed by atoms with Crippen molar-refractivity contribution in [2.75, 3.05) is 13.6 Å². The van der Waals surface area contributed by atoms with Gasteiger partial charge in [0.2, 0.25) is 0 Å². The number of rotatable bonds is 7. The predicted molar refractivity (Wildman–Crippen MR) is 102 cm³/mol. The number of aryl methyl sites for hydroxylation is 3. The summed E-state index contributed by atoms with van der Waals surface area (Å²) in [7, 11) is 2.18. The number of nitrogens with zero attached hydrogens (tertiary/aromatic N) is 4. The zero-order valence-corrected chi connectivity index (χ0v) is 15.3. The van der Waals surface area contributed by atoms with Crippen molar-refractivity contribution in [2.24, 2.45) is 0 Å². The minimum absolute atomic E-state index is 0.945. The summed E-state index contributed by atoms with van der Waals surface area (Å²) in [5.74, 6) is 0. The molecule has 0 fully saturated rings.